The molecule has 0 aliphatic carbocycles. The zero-order chi connectivity index (χ0) is 10.1. The highest BCUT2D eigenvalue weighted by Crippen LogP contribution is 2.38. The van der Waals surface area contributed by atoms with E-state index in [-0.39, 0.29) is 5.69 Å². The zero-order valence-electron chi connectivity index (χ0n) is 7.65. The molecule has 1 aliphatic heterocycles. The summed E-state index contributed by atoms with van der Waals surface area (Å²) in [6.07, 6.45) is 0. The first-order valence-electron chi connectivity index (χ1n) is 4.24. The summed E-state index contributed by atoms with van der Waals surface area (Å²) in [6, 6.07) is 3.00. The van der Waals surface area contributed by atoms with E-state index in [0.717, 1.165) is 0 Å². The van der Waals surface area contributed by atoms with Crippen molar-refractivity contribution in [3.8, 4) is 11.5 Å². The molecule has 5 heteroatoms. The molecule has 0 N–H and O–H groups in total. The lowest BCUT2D eigenvalue weighted by Crippen LogP contribution is -2.16. The van der Waals surface area contributed by atoms with Crippen LogP contribution in [0.1, 0.15) is 5.56 Å². The smallest absolute Gasteiger partial charge is 0.276 e. The summed E-state index contributed by atoms with van der Waals surface area (Å²) in [5.74, 6) is 1.07. The number of benzene rings is 1. The van der Waals surface area contributed by atoms with Gasteiger partial charge in [-0.15, -0.1) is 0 Å². The van der Waals surface area contributed by atoms with Crippen molar-refractivity contribution in [3.63, 3.8) is 0 Å². The SMILES string of the molecule is Cc1c([N+](=O)[O-])ccc2c1OCCO2. The first-order valence-corrected chi connectivity index (χ1v) is 4.24. The van der Waals surface area contributed by atoms with Crippen molar-refractivity contribution in [2.45, 2.75) is 6.92 Å². The first-order chi connectivity index (χ1) is 6.70. The molecule has 0 saturated heterocycles. The van der Waals surface area contributed by atoms with E-state index in [4.69, 9.17) is 9.47 Å². The molecular formula is C9H9NO4. The number of nitrogens with zero attached hydrogens (tertiary/aromatic N) is 1. The first kappa shape index (κ1) is 8.80. The highest BCUT2D eigenvalue weighted by molar-refractivity contribution is 5.56. The van der Waals surface area contributed by atoms with Crippen LogP contribution in [0.25, 0.3) is 0 Å². The van der Waals surface area contributed by atoms with Gasteiger partial charge in [0.05, 0.1) is 10.5 Å². The standard InChI is InChI=1S/C9H9NO4/c1-6-7(10(11)12)2-3-8-9(6)14-5-4-13-8/h2-3H,4-5H2,1H3. The van der Waals surface area contributed by atoms with Gasteiger partial charge in [-0.25, -0.2) is 0 Å². The summed E-state index contributed by atoms with van der Waals surface area (Å²) in [6.45, 7) is 2.59. The van der Waals surface area contributed by atoms with Crippen LogP contribution < -0.4 is 9.47 Å². The molecule has 0 atom stereocenters. The number of nitro groups is 1. The lowest BCUT2D eigenvalue weighted by atomic mass is 10.1. The Labute approximate surface area is 80.4 Å². The Morgan fingerprint density at radius 2 is 2.07 bits per heavy atom. The number of rotatable bonds is 1. The van der Waals surface area contributed by atoms with Crippen LogP contribution in [0, 0.1) is 17.0 Å². The van der Waals surface area contributed by atoms with Crippen molar-refractivity contribution in [2.75, 3.05) is 13.2 Å². The minimum Gasteiger partial charge on any atom is -0.486 e. The third-order valence-electron chi connectivity index (χ3n) is 2.13. The van der Waals surface area contributed by atoms with Crippen molar-refractivity contribution in [1.82, 2.24) is 0 Å². The van der Waals surface area contributed by atoms with Crippen LogP contribution in [0.4, 0.5) is 5.69 Å². The highest BCUT2D eigenvalue weighted by atomic mass is 16.6. The molecule has 74 valence electrons. The van der Waals surface area contributed by atoms with Gasteiger partial charge in [0.25, 0.3) is 5.69 Å². The average molecular weight is 195 g/mol. The molecule has 1 aliphatic rings. The average Bonchev–Trinajstić information content (AvgIpc) is 2.18. The van der Waals surface area contributed by atoms with E-state index in [0.29, 0.717) is 30.3 Å². The molecule has 0 spiro atoms. The van der Waals surface area contributed by atoms with Crippen LogP contribution in [0.3, 0.4) is 0 Å². The molecule has 5 nitrogen and oxygen atoms in total. The van der Waals surface area contributed by atoms with Gasteiger partial charge in [0.1, 0.15) is 13.2 Å². The van der Waals surface area contributed by atoms with E-state index in [2.05, 4.69) is 0 Å². The Hall–Kier alpha value is -1.78. The van der Waals surface area contributed by atoms with Crippen molar-refractivity contribution in [2.24, 2.45) is 0 Å². The lowest BCUT2D eigenvalue weighted by molar-refractivity contribution is -0.385. The Morgan fingerprint density at radius 1 is 1.36 bits per heavy atom. The van der Waals surface area contributed by atoms with E-state index in [1.165, 1.54) is 6.07 Å². The van der Waals surface area contributed by atoms with Crippen LogP contribution in [0.2, 0.25) is 0 Å². The summed E-state index contributed by atoms with van der Waals surface area (Å²) in [7, 11) is 0. The predicted molar refractivity (Wildman–Crippen MR) is 48.8 cm³/mol. The maximum Gasteiger partial charge on any atom is 0.276 e. The minimum atomic E-state index is -0.423. The van der Waals surface area contributed by atoms with E-state index in [1.807, 2.05) is 0 Å². The maximum absolute atomic E-state index is 10.6. The van der Waals surface area contributed by atoms with Crippen LogP contribution in [-0.4, -0.2) is 18.1 Å². The molecule has 0 amide bonds. The molecular weight excluding hydrogens is 186 g/mol. The third-order valence-corrected chi connectivity index (χ3v) is 2.13. The van der Waals surface area contributed by atoms with Gasteiger partial charge in [-0.05, 0) is 13.0 Å². The predicted octanol–water partition coefficient (Wildman–Crippen LogP) is 1.67. The van der Waals surface area contributed by atoms with Crippen molar-refractivity contribution < 1.29 is 14.4 Å². The number of fused-ring (bicyclic) bond motifs is 1. The van der Waals surface area contributed by atoms with Gasteiger partial charge in [0, 0.05) is 6.07 Å². The summed E-state index contributed by atoms with van der Waals surface area (Å²) in [4.78, 5) is 10.2. The number of hydrogen-bond donors (Lipinski definition) is 0. The number of hydrogen-bond acceptors (Lipinski definition) is 4. The van der Waals surface area contributed by atoms with Gasteiger partial charge in [-0.2, -0.15) is 0 Å². The van der Waals surface area contributed by atoms with Gasteiger partial charge in [-0.1, -0.05) is 0 Å². The summed E-state index contributed by atoms with van der Waals surface area (Å²) in [5.41, 5.74) is 0.585. The molecule has 0 unspecified atom stereocenters. The second kappa shape index (κ2) is 3.17. The molecule has 0 bridgehead atoms. The van der Waals surface area contributed by atoms with Crippen molar-refractivity contribution in [3.05, 3.63) is 27.8 Å². The molecule has 1 aromatic carbocycles. The third kappa shape index (κ3) is 1.26. The van der Waals surface area contributed by atoms with Crippen LogP contribution in [0.5, 0.6) is 11.5 Å². The minimum absolute atomic E-state index is 0.0641. The van der Waals surface area contributed by atoms with Gasteiger partial charge >= 0.3 is 0 Å². The normalized spacial score (nSPS) is 13.8. The summed E-state index contributed by atoms with van der Waals surface area (Å²) >= 11 is 0. The molecule has 2 rings (SSSR count). The van der Waals surface area contributed by atoms with Crippen molar-refractivity contribution in [1.29, 1.82) is 0 Å². The number of nitro benzene ring substituents is 1. The Bertz CT molecular complexity index is 389. The van der Waals surface area contributed by atoms with E-state index < -0.39 is 4.92 Å². The van der Waals surface area contributed by atoms with E-state index in [1.54, 1.807) is 13.0 Å². The van der Waals surface area contributed by atoms with E-state index >= 15 is 0 Å². The monoisotopic (exact) mass is 195 g/mol. The van der Waals surface area contributed by atoms with Crippen LogP contribution >= 0.6 is 0 Å². The summed E-state index contributed by atoms with van der Waals surface area (Å²) in [5, 5.41) is 10.6. The van der Waals surface area contributed by atoms with Gasteiger partial charge in [-0.3, -0.25) is 10.1 Å². The second-order valence-corrected chi connectivity index (χ2v) is 2.99. The van der Waals surface area contributed by atoms with Gasteiger partial charge in [0.15, 0.2) is 11.5 Å². The fraction of sp³-hybridized carbons (Fsp3) is 0.333. The quantitative estimate of drug-likeness (QED) is 0.505. The van der Waals surface area contributed by atoms with Gasteiger partial charge in [0.2, 0.25) is 0 Å². The van der Waals surface area contributed by atoms with E-state index in [9.17, 15) is 10.1 Å². The highest BCUT2D eigenvalue weighted by Gasteiger charge is 2.21. The molecule has 0 fully saturated rings. The molecule has 14 heavy (non-hydrogen) atoms. The van der Waals surface area contributed by atoms with Crippen LogP contribution in [0.15, 0.2) is 12.1 Å². The fourth-order valence-corrected chi connectivity index (χ4v) is 1.44. The largest absolute Gasteiger partial charge is 0.486 e. The Kier molecular flexibility index (Phi) is 1.99. The Balaban J connectivity index is 2.54. The molecule has 0 radical (unpaired) electrons. The lowest BCUT2D eigenvalue weighted by Gasteiger charge is -2.19. The molecule has 1 aromatic rings. The zero-order valence-corrected chi connectivity index (χ0v) is 7.65. The Morgan fingerprint density at radius 3 is 2.79 bits per heavy atom. The maximum atomic E-state index is 10.6. The topological polar surface area (TPSA) is 61.6 Å². The summed E-state index contributed by atoms with van der Waals surface area (Å²) < 4.78 is 10.6. The molecule has 1 heterocycles. The van der Waals surface area contributed by atoms with Crippen LogP contribution in [-0.2, 0) is 0 Å². The molecule has 0 aromatic heterocycles. The van der Waals surface area contributed by atoms with Gasteiger partial charge < -0.3 is 9.47 Å². The van der Waals surface area contributed by atoms with Crippen molar-refractivity contribution >= 4 is 5.69 Å². The second-order valence-electron chi connectivity index (χ2n) is 2.99. The molecule has 0 saturated carbocycles. The number of ether oxygens (including phenoxy) is 2. The fourth-order valence-electron chi connectivity index (χ4n) is 1.44.